The highest BCUT2D eigenvalue weighted by Crippen LogP contribution is 1.96. The average Bonchev–Trinajstić information content (AvgIpc) is 2.00. The molecule has 0 saturated carbocycles. The van der Waals surface area contributed by atoms with Crippen molar-refractivity contribution < 1.29 is 4.79 Å². The normalized spacial score (nSPS) is 11.1. The molecule has 14 heavy (non-hydrogen) atoms. The molecule has 84 valence electrons. The monoisotopic (exact) mass is 201 g/mol. The van der Waals surface area contributed by atoms with Gasteiger partial charge in [0.2, 0.25) is 0 Å². The third-order valence-corrected chi connectivity index (χ3v) is 1.50. The number of hydrogen-bond acceptors (Lipinski definition) is 2. The summed E-state index contributed by atoms with van der Waals surface area (Å²) in [5, 5.41) is 8.83. The SMILES string of the molecule is CCCNCCNC(=O)NC(C)(C)C. The summed E-state index contributed by atoms with van der Waals surface area (Å²) in [6, 6.07) is -0.101. The summed E-state index contributed by atoms with van der Waals surface area (Å²) in [4.78, 5) is 11.2. The molecular weight excluding hydrogens is 178 g/mol. The molecule has 0 unspecified atom stereocenters. The zero-order valence-electron chi connectivity index (χ0n) is 9.74. The standard InChI is InChI=1S/C10H23N3O/c1-5-6-11-7-8-12-9(14)13-10(2,3)4/h11H,5-8H2,1-4H3,(H2,12,13,14). The van der Waals surface area contributed by atoms with Crippen LogP contribution >= 0.6 is 0 Å². The molecule has 0 bridgehead atoms. The molecule has 4 heteroatoms. The van der Waals surface area contributed by atoms with Crippen LogP contribution in [0.2, 0.25) is 0 Å². The van der Waals surface area contributed by atoms with Crippen LogP contribution in [0.5, 0.6) is 0 Å². The Hall–Kier alpha value is -0.770. The van der Waals surface area contributed by atoms with Crippen molar-refractivity contribution in [2.24, 2.45) is 0 Å². The Bertz CT molecular complexity index is 163. The Labute approximate surface area is 86.8 Å². The van der Waals surface area contributed by atoms with E-state index in [1.807, 2.05) is 20.8 Å². The van der Waals surface area contributed by atoms with Crippen molar-refractivity contribution in [2.75, 3.05) is 19.6 Å². The van der Waals surface area contributed by atoms with Gasteiger partial charge < -0.3 is 16.0 Å². The number of carbonyl (C=O) groups excluding carboxylic acids is 1. The van der Waals surface area contributed by atoms with Gasteiger partial charge in [-0.2, -0.15) is 0 Å². The van der Waals surface area contributed by atoms with Crippen LogP contribution in [0.4, 0.5) is 4.79 Å². The van der Waals surface area contributed by atoms with Gasteiger partial charge >= 0.3 is 6.03 Å². The molecule has 0 heterocycles. The summed E-state index contributed by atoms with van der Waals surface area (Å²) in [6.07, 6.45) is 1.12. The minimum absolute atomic E-state index is 0.101. The maximum Gasteiger partial charge on any atom is 0.315 e. The summed E-state index contributed by atoms with van der Waals surface area (Å²) in [5.41, 5.74) is -0.166. The van der Waals surface area contributed by atoms with Gasteiger partial charge in [-0.05, 0) is 33.7 Å². The van der Waals surface area contributed by atoms with Crippen LogP contribution in [0.1, 0.15) is 34.1 Å². The molecule has 2 amide bonds. The lowest BCUT2D eigenvalue weighted by Crippen LogP contribution is -2.47. The average molecular weight is 201 g/mol. The second-order valence-corrected chi connectivity index (χ2v) is 4.38. The van der Waals surface area contributed by atoms with Crippen LogP contribution in [0.25, 0.3) is 0 Å². The van der Waals surface area contributed by atoms with E-state index in [4.69, 9.17) is 0 Å². The number of urea groups is 1. The molecule has 0 spiro atoms. The second-order valence-electron chi connectivity index (χ2n) is 4.38. The summed E-state index contributed by atoms with van der Waals surface area (Å²) in [5.74, 6) is 0. The highest BCUT2D eigenvalue weighted by Gasteiger charge is 2.12. The highest BCUT2D eigenvalue weighted by molar-refractivity contribution is 5.74. The first-order chi connectivity index (χ1) is 6.45. The van der Waals surface area contributed by atoms with Gasteiger partial charge in [0.05, 0.1) is 0 Å². The van der Waals surface area contributed by atoms with Gasteiger partial charge in [-0.15, -0.1) is 0 Å². The molecule has 4 nitrogen and oxygen atoms in total. The Balaban J connectivity index is 3.36. The largest absolute Gasteiger partial charge is 0.337 e. The molecule has 0 fully saturated rings. The molecule has 0 aliphatic rings. The predicted molar refractivity (Wildman–Crippen MR) is 59.4 cm³/mol. The molecule has 0 aliphatic carbocycles. The molecule has 0 aromatic rings. The Morgan fingerprint density at radius 1 is 1.14 bits per heavy atom. The zero-order valence-corrected chi connectivity index (χ0v) is 9.74. The third-order valence-electron chi connectivity index (χ3n) is 1.50. The van der Waals surface area contributed by atoms with Gasteiger partial charge in [-0.25, -0.2) is 4.79 Å². The lowest BCUT2D eigenvalue weighted by Gasteiger charge is -2.20. The van der Waals surface area contributed by atoms with E-state index in [0.29, 0.717) is 6.54 Å². The molecule has 0 aliphatic heterocycles. The fourth-order valence-electron chi connectivity index (χ4n) is 0.951. The number of carbonyl (C=O) groups is 1. The maximum absolute atomic E-state index is 11.2. The van der Waals surface area contributed by atoms with Gasteiger partial charge in [0, 0.05) is 18.6 Å². The molecule has 0 saturated heterocycles. The molecule has 3 N–H and O–H groups in total. The van der Waals surface area contributed by atoms with Gasteiger partial charge in [-0.1, -0.05) is 6.92 Å². The third kappa shape index (κ3) is 9.32. The smallest absolute Gasteiger partial charge is 0.315 e. The topological polar surface area (TPSA) is 53.2 Å². The fraction of sp³-hybridized carbons (Fsp3) is 0.900. The van der Waals surface area contributed by atoms with E-state index in [2.05, 4.69) is 22.9 Å². The zero-order chi connectivity index (χ0) is 11.0. The molecule has 0 atom stereocenters. The predicted octanol–water partition coefficient (Wildman–Crippen LogP) is 1.08. The van der Waals surface area contributed by atoms with E-state index in [9.17, 15) is 4.79 Å². The number of nitrogens with one attached hydrogen (secondary N) is 3. The van der Waals surface area contributed by atoms with Crippen molar-refractivity contribution in [1.29, 1.82) is 0 Å². The number of amides is 2. The summed E-state index contributed by atoms with van der Waals surface area (Å²) in [6.45, 7) is 10.5. The molecule has 0 aromatic carbocycles. The van der Waals surface area contributed by atoms with Crippen molar-refractivity contribution in [1.82, 2.24) is 16.0 Å². The van der Waals surface area contributed by atoms with Gasteiger partial charge in [0.15, 0.2) is 0 Å². The molecular formula is C10H23N3O. The van der Waals surface area contributed by atoms with E-state index in [1.165, 1.54) is 0 Å². The lowest BCUT2D eigenvalue weighted by molar-refractivity contribution is 0.232. The maximum atomic E-state index is 11.2. The van der Waals surface area contributed by atoms with Crippen molar-refractivity contribution >= 4 is 6.03 Å². The fourth-order valence-corrected chi connectivity index (χ4v) is 0.951. The number of rotatable bonds is 5. The van der Waals surface area contributed by atoms with Gasteiger partial charge in [0.25, 0.3) is 0 Å². The molecule has 0 aromatic heterocycles. The first-order valence-electron chi connectivity index (χ1n) is 5.22. The van der Waals surface area contributed by atoms with E-state index >= 15 is 0 Å². The van der Waals surface area contributed by atoms with Crippen LogP contribution in [0.15, 0.2) is 0 Å². The van der Waals surface area contributed by atoms with Crippen LogP contribution in [0.3, 0.4) is 0 Å². The van der Waals surface area contributed by atoms with Crippen molar-refractivity contribution in [3.8, 4) is 0 Å². The molecule has 0 rings (SSSR count). The Morgan fingerprint density at radius 3 is 2.29 bits per heavy atom. The van der Waals surface area contributed by atoms with E-state index in [0.717, 1.165) is 19.5 Å². The Kier molecular flexibility index (Phi) is 6.28. The highest BCUT2D eigenvalue weighted by atomic mass is 16.2. The van der Waals surface area contributed by atoms with Crippen molar-refractivity contribution in [3.63, 3.8) is 0 Å². The van der Waals surface area contributed by atoms with Gasteiger partial charge in [0.1, 0.15) is 0 Å². The first kappa shape index (κ1) is 13.2. The Morgan fingerprint density at radius 2 is 1.79 bits per heavy atom. The van der Waals surface area contributed by atoms with Crippen molar-refractivity contribution in [3.05, 3.63) is 0 Å². The quantitative estimate of drug-likeness (QED) is 0.583. The van der Waals surface area contributed by atoms with E-state index in [-0.39, 0.29) is 11.6 Å². The van der Waals surface area contributed by atoms with Crippen LogP contribution < -0.4 is 16.0 Å². The van der Waals surface area contributed by atoms with Crippen LogP contribution in [-0.2, 0) is 0 Å². The summed E-state index contributed by atoms with van der Waals surface area (Å²) >= 11 is 0. The minimum Gasteiger partial charge on any atom is -0.337 e. The van der Waals surface area contributed by atoms with Crippen molar-refractivity contribution in [2.45, 2.75) is 39.7 Å². The first-order valence-corrected chi connectivity index (χ1v) is 5.22. The van der Waals surface area contributed by atoms with E-state index < -0.39 is 0 Å². The van der Waals surface area contributed by atoms with E-state index in [1.54, 1.807) is 0 Å². The summed E-state index contributed by atoms with van der Waals surface area (Å²) in [7, 11) is 0. The lowest BCUT2D eigenvalue weighted by atomic mass is 10.1. The second kappa shape index (κ2) is 6.65. The minimum atomic E-state index is -0.166. The van der Waals surface area contributed by atoms with Gasteiger partial charge in [-0.3, -0.25) is 0 Å². The molecule has 0 radical (unpaired) electrons. The van der Waals surface area contributed by atoms with Crippen LogP contribution in [-0.4, -0.2) is 31.2 Å². The summed E-state index contributed by atoms with van der Waals surface area (Å²) < 4.78 is 0. The number of hydrogen-bond donors (Lipinski definition) is 3. The van der Waals surface area contributed by atoms with Crippen LogP contribution in [0, 0.1) is 0 Å².